The lowest BCUT2D eigenvalue weighted by molar-refractivity contribution is 0.879. The highest BCUT2D eigenvalue weighted by molar-refractivity contribution is 5.69. The topological polar surface area (TPSA) is 56.7 Å². The summed E-state index contributed by atoms with van der Waals surface area (Å²) in [6, 6.07) is 12.0. The minimum atomic E-state index is 0.628. The second-order valence-electron chi connectivity index (χ2n) is 4.94. The van der Waals surface area contributed by atoms with E-state index in [0.717, 1.165) is 11.4 Å². The molecule has 4 nitrogen and oxygen atoms in total. The molecule has 0 saturated carbocycles. The van der Waals surface area contributed by atoms with Crippen molar-refractivity contribution in [3.05, 3.63) is 59.9 Å². The van der Waals surface area contributed by atoms with Gasteiger partial charge < -0.3 is 5.73 Å². The van der Waals surface area contributed by atoms with Gasteiger partial charge in [-0.15, -0.1) is 0 Å². The molecule has 3 rings (SSSR count). The maximum absolute atomic E-state index is 6.06. The molecule has 20 heavy (non-hydrogen) atoms. The van der Waals surface area contributed by atoms with E-state index in [1.165, 1.54) is 11.1 Å². The van der Waals surface area contributed by atoms with Gasteiger partial charge in [-0.1, -0.05) is 12.1 Å². The van der Waals surface area contributed by atoms with Crippen molar-refractivity contribution in [2.75, 3.05) is 5.73 Å². The van der Waals surface area contributed by atoms with Gasteiger partial charge in [0.1, 0.15) is 5.69 Å². The monoisotopic (exact) mass is 264 g/mol. The quantitative estimate of drug-likeness (QED) is 0.773. The molecule has 2 N–H and O–H groups in total. The van der Waals surface area contributed by atoms with Crippen LogP contribution < -0.4 is 5.73 Å². The van der Waals surface area contributed by atoms with Crippen molar-refractivity contribution in [3.63, 3.8) is 0 Å². The zero-order valence-electron chi connectivity index (χ0n) is 11.5. The van der Waals surface area contributed by atoms with Gasteiger partial charge in [0.2, 0.25) is 0 Å². The van der Waals surface area contributed by atoms with Crippen molar-refractivity contribution in [1.29, 1.82) is 0 Å². The third-order valence-electron chi connectivity index (χ3n) is 3.12. The molecule has 3 aromatic rings. The van der Waals surface area contributed by atoms with E-state index in [9.17, 15) is 0 Å². The molecule has 0 bridgehead atoms. The fraction of sp³-hybridized carbons (Fsp3) is 0.125. The summed E-state index contributed by atoms with van der Waals surface area (Å²) in [4.78, 5) is 4.30. The van der Waals surface area contributed by atoms with Gasteiger partial charge in [0.25, 0.3) is 0 Å². The molecule has 0 aliphatic heterocycles. The average Bonchev–Trinajstić information content (AvgIpc) is 2.81. The summed E-state index contributed by atoms with van der Waals surface area (Å²) in [6.07, 6.45) is 3.57. The molecule has 0 unspecified atom stereocenters. The van der Waals surface area contributed by atoms with E-state index in [1.807, 2.05) is 24.4 Å². The smallest absolute Gasteiger partial charge is 0.134 e. The predicted octanol–water partition coefficient (Wildman–Crippen LogP) is 3.13. The predicted molar refractivity (Wildman–Crippen MR) is 80.7 cm³/mol. The molecule has 0 fully saturated rings. The van der Waals surface area contributed by atoms with Gasteiger partial charge >= 0.3 is 0 Å². The molecular formula is C16H16N4. The van der Waals surface area contributed by atoms with Crippen LogP contribution in [0.2, 0.25) is 0 Å². The minimum Gasteiger partial charge on any atom is -0.396 e. The van der Waals surface area contributed by atoms with Crippen LogP contribution in [0.15, 0.2) is 48.8 Å². The summed E-state index contributed by atoms with van der Waals surface area (Å²) >= 11 is 0. The standard InChI is InChI=1S/C16H16N4/c1-11-7-12(2)9-13(8-11)20-10-14(17)16(19-20)15-5-3-4-6-18-15/h3-10H,17H2,1-2H3. The Kier molecular flexibility index (Phi) is 2.99. The molecule has 0 aliphatic carbocycles. The number of nitrogens with zero attached hydrogens (tertiary/aromatic N) is 3. The summed E-state index contributed by atoms with van der Waals surface area (Å²) in [5.41, 5.74) is 11.6. The van der Waals surface area contributed by atoms with E-state index in [-0.39, 0.29) is 0 Å². The number of nitrogen functional groups attached to an aromatic ring is 1. The molecule has 4 heteroatoms. The summed E-state index contributed by atoms with van der Waals surface area (Å²) in [5.74, 6) is 0. The number of anilines is 1. The van der Waals surface area contributed by atoms with Crippen LogP contribution in [0.4, 0.5) is 5.69 Å². The molecule has 0 spiro atoms. The first kappa shape index (κ1) is 12.4. The van der Waals surface area contributed by atoms with Crippen LogP contribution in [-0.2, 0) is 0 Å². The molecule has 2 heterocycles. The number of hydrogen-bond acceptors (Lipinski definition) is 3. The molecule has 1 aromatic carbocycles. The lowest BCUT2D eigenvalue weighted by Crippen LogP contribution is -1.96. The normalized spacial score (nSPS) is 10.7. The second-order valence-corrected chi connectivity index (χ2v) is 4.94. The molecule has 0 aliphatic rings. The fourth-order valence-electron chi connectivity index (χ4n) is 2.30. The number of hydrogen-bond donors (Lipinski definition) is 1. The largest absolute Gasteiger partial charge is 0.396 e. The highest BCUT2D eigenvalue weighted by atomic mass is 15.3. The highest BCUT2D eigenvalue weighted by Gasteiger charge is 2.10. The third kappa shape index (κ3) is 2.28. The van der Waals surface area contributed by atoms with E-state index < -0.39 is 0 Å². The van der Waals surface area contributed by atoms with Gasteiger partial charge in [0, 0.05) is 6.20 Å². The van der Waals surface area contributed by atoms with Crippen molar-refractivity contribution in [2.45, 2.75) is 13.8 Å². The zero-order valence-corrected chi connectivity index (χ0v) is 11.5. The SMILES string of the molecule is Cc1cc(C)cc(-n2cc(N)c(-c3ccccn3)n2)c1. The van der Waals surface area contributed by atoms with E-state index in [2.05, 4.69) is 42.1 Å². The number of aryl methyl sites for hydroxylation is 2. The Morgan fingerprint density at radius 2 is 1.80 bits per heavy atom. The molecule has 100 valence electrons. The van der Waals surface area contributed by atoms with Gasteiger partial charge in [0.05, 0.1) is 23.3 Å². The Hall–Kier alpha value is -2.62. The van der Waals surface area contributed by atoms with Crippen molar-refractivity contribution in [1.82, 2.24) is 14.8 Å². The Morgan fingerprint density at radius 1 is 1.05 bits per heavy atom. The molecule has 0 saturated heterocycles. The van der Waals surface area contributed by atoms with Crippen molar-refractivity contribution in [2.24, 2.45) is 0 Å². The minimum absolute atomic E-state index is 0.628. The second kappa shape index (κ2) is 4.81. The van der Waals surface area contributed by atoms with Crippen molar-refractivity contribution in [3.8, 4) is 17.1 Å². The van der Waals surface area contributed by atoms with Gasteiger partial charge in [-0.05, 0) is 49.2 Å². The molecule has 0 atom stereocenters. The Labute approximate surface area is 117 Å². The molecule has 0 radical (unpaired) electrons. The fourth-order valence-corrected chi connectivity index (χ4v) is 2.30. The number of nitrogens with two attached hydrogens (primary N) is 1. The Balaban J connectivity index is 2.09. The number of pyridine rings is 1. The first-order valence-corrected chi connectivity index (χ1v) is 6.49. The number of rotatable bonds is 2. The lowest BCUT2D eigenvalue weighted by Gasteiger charge is -2.04. The number of benzene rings is 1. The maximum Gasteiger partial charge on any atom is 0.134 e. The molecular weight excluding hydrogens is 248 g/mol. The van der Waals surface area contributed by atoms with Crippen LogP contribution in [0.3, 0.4) is 0 Å². The van der Waals surface area contributed by atoms with Crippen LogP contribution >= 0.6 is 0 Å². The van der Waals surface area contributed by atoms with Crippen LogP contribution in [0.5, 0.6) is 0 Å². The summed E-state index contributed by atoms with van der Waals surface area (Å²) in [6.45, 7) is 4.14. The van der Waals surface area contributed by atoms with Crippen LogP contribution in [0.25, 0.3) is 17.1 Å². The third-order valence-corrected chi connectivity index (χ3v) is 3.12. The van der Waals surface area contributed by atoms with Gasteiger partial charge in [-0.2, -0.15) is 5.10 Å². The van der Waals surface area contributed by atoms with Crippen LogP contribution in [-0.4, -0.2) is 14.8 Å². The van der Waals surface area contributed by atoms with E-state index in [4.69, 9.17) is 5.73 Å². The Morgan fingerprint density at radius 3 is 2.45 bits per heavy atom. The van der Waals surface area contributed by atoms with Crippen LogP contribution in [0.1, 0.15) is 11.1 Å². The van der Waals surface area contributed by atoms with Gasteiger partial charge in [-0.25, -0.2) is 4.68 Å². The summed E-state index contributed by atoms with van der Waals surface area (Å²) in [5, 5.41) is 4.56. The van der Waals surface area contributed by atoms with E-state index in [0.29, 0.717) is 11.4 Å². The summed E-state index contributed by atoms with van der Waals surface area (Å²) < 4.78 is 1.80. The average molecular weight is 264 g/mol. The van der Waals surface area contributed by atoms with Crippen molar-refractivity contribution >= 4 is 5.69 Å². The molecule has 0 amide bonds. The van der Waals surface area contributed by atoms with E-state index >= 15 is 0 Å². The Bertz CT molecular complexity index is 724. The summed E-state index contributed by atoms with van der Waals surface area (Å²) in [7, 11) is 0. The van der Waals surface area contributed by atoms with Gasteiger partial charge in [0.15, 0.2) is 0 Å². The van der Waals surface area contributed by atoms with Gasteiger partial charge in [-0.3, -0.25) is 4.98 Å². The maximum atomic E-state index is 6.06. The number of aromatic nitrogens is 3. The highest BCUT2D eigenvalue weighted by Crippen LogP contribution is 2.24. The zero-order chi connectivity index (χ0) is 14.1. The first-order chi connectivity index (χ1) is 9.63. The van der Waals surface area contributed by atoms with Crippen molar-refractivity contribution < 1.29 is 0 Å². The van der Waals surface area contributed by atoms with Crippen LogP contribution in [0, 0.1) is 13.8 Å². The lowest BCUT2D eigenvalue weighted by atomic mass is 10.1. The van der Waals surface area contributed by atoms with E-state index in [1.54, 1.807) is 10.9 Å². The molecule has 2 aromatic heterocycles. The first-order valence-electron chi connectivity index (χ1n) is 6.49.